The summed E-state index contributed by atoms with van der Waals surface area (Å²) in [5, 5.41) is 9.29. The van der Waals surface area contributed by atoms with Gasteiger partial charge in [-0.15, -0.1) is 0 Å². The number of hydrogen-bond donors (Lipinski definition) is 1. The van der Waals surface area contributed by atoms with Crippen LogP contribution in [0.4, 0.5) is 11.4 Å². The fourth-order valence-electron chi connectivity index (χ4n) is 4.94. The summed E-state index contributed by atoms with van der Waals surface area (Å²) in [6, 6.07) is 37.3. The number of benzene rings is 4. The van der Waals surface area contributed by atoms with Crippen LogP contribution in [0.25, 0.3) is 16.7 Å². The van der Waals surface area contributed by atoms with Crippen LogP contribution in [0.1, 0.15) is 22.7 Å². The van der Waals surface area contributed by atoms with Gasteiger partial charge in [-0.25, -0.2) is 0 Å². The Bertz CT molecular complexity index is 1670. The van der Waals surface area contributed by atoms with Crippen LogP contribution in [0.3, 0.4) is 0 Å². The highest BCUT2D eigenvalue weighted by Gasteiger charge is 2.18. The maximum Gasteiger partial charge on any atom is 0.0988 e. The molecule has 1 aliphatic heterocycles. The predicted octanol–water partition coefficient (Wildman–Crippen LogP) is 8.84. The molecule has 0 radical (unpaired) electrons. The minimum atomic E-state index is -0.411. The molecule has 0 saturated heterocycles. The lowest BCUT2D eigenvalue weighted by Gasteiger charge is -2.28. The molecule has 0 bridgehead atoms. The lowest BCUT2D eigenvalue weighted by molar-refractivity contribution is 0.906. The molecular formula is C37H31N3. The highest BCUT2D eigenvalue weighted by molar-refractivity contribution is 5.81. The SMILES string of the molecule is C=C/C(C#N)=C\C(N)c1cccc(C2=C/Cc3cc(-c4ccccc4)ccc3N(c3ccccc3)C(=C)/C=C\2)c1. The standard InChI is InChI=1S/C37H31N3/c1-3-28(26-38)23-36(39)33-14-10-13-31(24-33)30-18-17-27(2)40(35-15-8-5-9-16-35)37-22-21-32(25-34(37)20-19-30)29-11-6-4-7-12-29/h3-19,21-25,36H,1-2,20,39H2/b18-17-,28-23+,30-19+. The van der Waals surface area contributed by atoms with E-state index in [4.69, 9.17) is 5.73 Å². The minimum absolute atomic E-state index is 0.411. The fraction of sp³-hybridized carbons (Fsp3) is 0.0541. The molecule has 4 aromatic rings. The molecule has 1 atom stereocenters. The molecule has 0 fully saturated rings. The average Bonchev–Trinajstić information content (AvgIpc) is 3.08. The molecule has 1 aliphatic rings. The average molecular weight is 518 g/mol. The molecule has 1 heterocycles. The Hall–Kier alpha value is -5.17. The first-order valence-corrected chi connectivity index (χ1v) is 13.3. The maximum absolute atomic E-state index is 9.29. The van der Waals surface area contributed by atoms with Crippen LogP contribution in [0.15, 0.2) is 158 Å². The largest absolute Gasteiger partial charge is 0.321 e. The van der Waals surface area contributed by atoms with E-state index in [9.17, 15) is 5.26 Å². The van der Waals surface area contributed by atoms with E-state index in [0.717, 1.165) is 40.2 Å². The molecule has 0 spiro atoms. The van der Waals surface area contributed by atoms with E-state index < -0.39 is 6.04 Å². The number of anilines is 2. The van der Waals surface area contributed by atoms with Gasteiger partial charge >= 0.3 is 0 Å². The van der Waals surface area contributed by atoms with Crippen molar-refractivity contribution in [3.05, 3.63) is 175 Å². The molecule has 40 heavy (non-hydrogen) atoms. The zero-order valence-electron chi connectivity index (χ0n) is 22.4. The fourth-order valence-corrected chi connectivity index (χ4v) is 4.94. The third-order valence-electron chi connectivity index (χ3n) is 7.04. The smallest absolute Gasteiger partial charge is 0.0988 e. The van der Waals surface area contributed by atoms with Gasteiger partial charge in [-0.05, 0) is 82.3 Å². The molecular weight excluding hydrogens is 486 g/mol. The summed E-state index contributed by atoms with van der Waals surface area (Å²) in [6.45, 7) is 8.16. The quantitative estimate of drug-likeness (QED) is 0.205. The van der Waals surface area contributed by atoms with Crippen LogP contribution in [-0.4, -0.2) is 0 Å². The minimum Gasteiger partial charge on any atom is -0.321 e. The zero-order chi connectivity index (χ0) is 27.9. The number of para-hydroxylation sites is 1. The summed E-state index contributed by atoms with van der Waals surface area (Å²) < 4.78 is 0. The van der Waals surface area contributed by atoms with E-state index >= 15 is 0 Å². The van der Waals surface area contributed by atoms with Gasteiger partial charge in [0.1, 0.15) is 0 Å². The molecule has 5 rings (SSSR count). The number of nitrogens with two attached hydrogens (primary N) is 1. The number of allylic oxidation sites excluding steroid dienone is 6. The van der Waals surface area contributed by atoms with E-state index in [0.29, 0.717) is 5.57 Å². The summed E-state index contributed by atoms with van der Waals surface area (Å²) in [5.74, 6) is 0. The number of nitriles is 1. The zero-order valence-corrected chi connectivity index (χ0v) is 22.4. The topological polar surface area (TPSA) is 53.1 Å². The molecule has 1 unspecified atom stereocenters. The molecule has 194 valence electrons. The van der Waals surface area contributed by atoms with Gasteiger partial charge in [0, 0.05) is 28.7 Å². The normalized spacial score (nSPS) is 16.3. The summed E-state index contributed by atoms with van der Waals surface area (Å²) in [6.07, 6.45) is 10.4. The third kappa shape index (κ3) is 5.78. The van der Waals surface area contributed by atoms with E-state index in [2.05, 4.69) is 109 Å². The number of hydrogen-bond acceptors (Lipinski definition) is 3. The summed E-state index contributed by atoms with van der Waals surface area (Å²) in [7, 11) is 0. The van der Waals surface area contributed by atoms with Gasteiger partial charge in [-0.3, -0.25) is 0 Å². The van der Waals surface area contributed by atoms with Gasteiger partial charge in [0.25, 0.3) is 0 Å². The number of rotatable bonds is 6. The number of fused-ring (bicyclic) bond motifs is 1. The molecule has 0 saturated carbocycles. The van der Waals surface area contributed by atoms with E-state index in [1.54, 1.807) is 6.08 Å². The van der Waals surface area contributed by atoms with Crippen molar-refractivity contribution in [1.82, 2.24) is 0 Å². The van der Waals surface area contributed by atoms with Crippen molar-refractivity contribution in [2.45, 2.75) is 12.5 Å². The summed E-state index contributed by atoms with van der Waals surface area (Å²) in [5.41, 5.74) is 16.5. The van der Waals surface area contributed by atoms with Crippen molar-refractivity contribution in [3.8, 4) is 17.2 Å². The molecule has 3 heteroatoms. The monoisotopic (exact) mass is 517 g/mol. The highest BCUT2D eigenvalue weighted by atomic mass is 15.1. The van der Waals surface area contributed by atoms with Crippen molar-refractivity contribution in [1.29, 1.82) is 5.26 Å². The second kappa shape index (κ2) is 12.1. The Morgan fingerprint density at radius 2 is 1.57 bits per heavy atom. The maximum atomic E-state index is 9.29. The van der Waals surface area contributed by atoms with E-state index in [1.807, 2.05) is 36.4 Å². The van der Waals surface area contributed by atoms with Crippen molar-refractivity contribution in [3.63, 3.8) is 0 Å². The second-order valence-corrected chi connectivity index (χ2v) is 9.66. The van der Waals surface area contributed by atoms with Crippen LogP contribution < -0.4 is 10.6 Å². The first kappa shape index (κ1) is 26.4. The van der Waals surface area contributed by atoms with Crippen molar-refractivity contribution >= 4 is 16.9 Å². The Kier molecular flexibility index (Phi) is 8.02. The molecule has 2 N–H and O–H groups in total. The van der Waals surface area contributed by atoms with Gasteiger partial charge in [-0.1, -0.05) is 104 Å². The van der Waals surface area contributed by atoms with Crippen molar-refractivity contribution < 1.29 is 0 Å². The first-order valence-electron chi connectivity index (χ1n) is 13.3. The Balaban J connectivity index is 1.60. The molecule has 3 nitrogen and oxygen atoms in total. The lowest BCUT2D eigenvalue weighted by Crippen LogP contribution is -2.15. The van der Waals surface area contributed by atoms with Crippen LogP contribution in [0.5, 0.6) is 0 Å². The van der Waals surface area contributed by atoms with Crippen LogP contribution >= 0.6 is 0 Å². The Labute approximate surface area is 236 Å². The van der Waals surface area contributed by atoms with Crippen molar-refractivity contribution in [2.24, 2.45) is 5.73 Å². The van der Waals surface area contributed by atoms with E-state index in [1.165, 1.54) is 22.8 Å². The van der Waals surface area contributed by atoms with Crippen LogP contribution in [-0.2, 0) is 6.42 Å². The Morgan fingerprint density at radius 3 is 2.30 bits per heavy atom. The molecule has 4 aromatic carbocycles. The van der Waals surface area contributed by atoms with Crippen molar-refractivity contribution in [2.75, 3.05) is 4.90 Å². The van der Waals surface area contributed by atoms with Gasteiger partial charge in [0.2, 0.25) is 0 Å². The molecule has 0 aliphatic carbocycles. The summed E-state index contributed by atoms with van der Waals surface area (Å²) in [4.78, 5) is 2.22. The molecule has 0 aromatic heterocycles. The van der Waals surface area contributed by atoms with Gasteiger partial charge in [-0.2, -0.15) is 5.26 Å². The predicted molar refractivity (Wildman–Crippen MR) is 168 cm³/mol. The second-order valence-electron chi connectivity index (χ2n) is 9.66. The highest BCUT2D eigenvalue weighted by Crippen LogP contribution is 2.37. The summed E-state index contributed by atoms with van der Waals surface area (Å²) >= 11 is 0. The first-order chi connectivity index (χ1) is 19.6. The van der Waals surface area contributed by atoms with Gasteiger partial charge < -0.3 is 10.6 Å². The van der Waals surface area contributed by atoms with E-state index in [-0.39, 0.29) is 0 Å². The van der Waals surface area contributed by atoms with Gasteiger partial charge in [0.15, 0.2) is 0 Å². The number of nitrogens with zero attached hydrogens (tertiary/aromatic N) is 2. The molecule has 0 amide bonds. The van der Waals surface area contributed by atoms with Gasteiger partial charge in [0.05, 0.1) is 6.07 Å². The Morgan fingerprint density at radius 1 is 0.850 bits per heavy atom. The third-order valence-corrected chi connectivity index (χ3v) is 7.04. The van der Waals surface area contributed by atoms with Crippen LogP contribution in [0.2, 0.25) is 0 Å². The lowest BCUT2D eigenvalue weighted by atomic mass is 9.96. The van der Waals surface area contributed by atoms with Crippen LogP contribution in [0, 0.1) is 11.3 Å².